The molecular formula is C13H16N2O2. The zero-order valence-electron chi connectivity index (χ0n) is 9.85. The number of likely N-dealkylation sites (N-methyl/N-ethyl adjacent to an activating group) is 1. The highest BCUT2D eigenvalue weighted by atomic mass is 16.5. The van der Waals surface area contributed by atoms with Crippen LogP contribution in [0.2, 0.25) is 0 Å². The van der Waals surface area contributed by atoms with Gasteiger partial charge in [0, 0.05) is 7.05 Å². The van der Waals surface area contributed by atoms with Crippen molar-refractivity contribution in [3.8, 4) is 5.75 Å². The van der Waals surface area contributed by atoms with Crippen LogP contribution in [0.3, 0.4) is 0 Å². The van der Waals surface area contributed by atoms with E-state index in [0.29, 0.717) is 13.2 Å². The van der Waals surface area contributed by atoms with Crippen LogP contribution in [0.15, 0.2) is 36.9 Å². The van der Waals surface area contributed by atoms with Gasteiger partial charge in [0.2, 0.25) is 5.91 Å². The second-order valence-corrected chi connectivity index (χ2v) is 3.96. The van der Waals surface area contributed by atoms with Crippen LogP contribution in [0.5, 0.6) is 5.75 Å². The van der Waals surface area contributed by atoms with Crippen molar-refractivity contribution in [2.45, 2.75) is 6.17 Å². The fourth-order valence-electron chi connectivity index (χ4n) is 1.83. The molecule has 1 unspecified atom stereocenters. The van der Waals surface area contributed by atoms with Crippen LogP contribution in [0, 0.1) is 0 Å². The highest BCUT2D eigenvalue weighted by Crippen LogP contribution is 2.22. The lowest BCUT2D eigenvalue weighted by atomic mass is 10.1. The van der Waals surface area contributed by atoms with Gasteiger partial charge in [-0.05, 0) is 17.7 Å². The van der Waals surface area contributed by atoms with E-state index in [1.165, 1.54) is 0 Å². The number of carbonyl (C=O) groups excluding carboxylic acids is 1. The molecular weight excluding hydrogens is 216 g/mol. The molecule has 0 aliphatic carbocycles. The Kier molecular flexibility index (Phi) is 3.44. The first-order valence-electron chi connectivity index (χ1n) is 5.55. The first-order valence-corrected chi connectivity index (χ1v) is 5.55. The average Bonchev–Trinajstić information content (AvgIpc) is 2.68. The molecule has 1 N–H and O–H groups in total. The van der Waals surface area contributed by atoms with Crippen molar-refractivity contribution < 1.29 is 9.53 Å². The summed E-state index contributed by atoms with van der Waals surface area (Å²) < 4.78 is 5.40. The standard InChI is InChI=1S/C13H16N2O2/c1-3-8-17-11-6-4-10(5-7-11)13-14-9-12(16)15(13)2/h3-7,13-14H,1,8-9H2,2H3. The molecule has 0 saturated carbocycles. The SMILES string of the molecule is C=CCOc1ccc(C2NCC(=O)N2C)cc1. The van der Waals surface area contributed by atoms with Gasteiger partial charge in [-0.3, -0.25) is 10.1 Å². The molecule has 1 aliphatic rings. The summed E-state index contributed by atoms with van der Waals surface area (Å²) in [4.78, 5) is 13.1. The number of nitrogens with one attached hydrogen (secondary N) is 1. The molecule has 0 spiro atoms. The zero-order valence-corrected chi connectivity index (χ0v) is 9.85. The van der Waals surface area contributed by atoms with Crippen molar-refractivity contribution in [1.82, 2.24) is 10.2 Å². The molecule has 1 atom stereocenters. The largest absolute Gasteiger partial charge is 0.490 e. The fourth-order valence-corrected chi connectivity index (χ4v) is 1.83. The highest BCUT2D eigenvalue weighted by molar-refractivity contribution is 5.80. The van der Waals surface area contributed by atoms with Gasteiger partial charge in [-0.1, -0.05) is 24.8 Å². The van der Waals surface area contributed by atoms with E-state index in [-0.39, 0.29) is 12.1 Å². The summed E-state index contributed by atoms with van der Waals surface area (Å²) in [6.45, 7) is 4.49. The molecule has 2 rings (SSSR count). The number of nitrogens with zero attached hydrogens (tertiary/aromatic N) is 1. The molecule has 1 aliphatic heterocycles. The van der Waals surface area contributed by atoms with E-state index in [4.69, 9.17) is 4.74 Å². The van der Waals surface area contributed by atoms with Crippen LogP contribution in [0.25, 0.3) is 0 Å². The maximum absolute atomic E-state index is 11.4. The third kappa shape index (κ3) is 2.47. The molecule has 1 aromatic rings. The second-order valence-electron chi connectivity index (χ2n) is 3.96. The lowest BCUT2D eigenvalue weighted by Gasteiger charge is -2.20. The Balaban J connectivity index is 2.07. The number of hydrogen-bond donors (Lipinski definition) is 1. The number of ether oxygens (including phenoxy) is 1. The zero-order chi connectivity index (χ0) is 12.3. The molecule has 90 valence electrons. The molecule has 1 amide bonds. The van der Waals surface area contributed by atoms with Gasteiger partial charge >= 0.3 is 0 Å². The average molecular weight is 232 g/mol. The van der Waals surface area contributed by atoms with Crippen molar-refractivity contribution in [2.75, 3.05) is 20.2 Å². The maximum Gasteiger partial charge on any atom is 0.237 e. The van der Waals surface area contributed by atoms with Gasteiger partial charge in [0.15, 0.2) is 0 Å². The van der Waals surface area contributed by atoms with Crippen molar-refractivity contribution in [2.24, 2.45) is 0 Å². The topological polar surface area (TPSA) is 41.6 Å². The van der Waals surface area contributed by atoms with Crippen LogP contribution in [0.4, 0.5) is 0 Å². The first-order chi connectivity index (χ1) is 8.22. The smallest absolute Gasteiger partial charge is 0.237 e. The highest BCUT2D eigenvalue weighted by Gasteiger charge is 2.27. The van der Waals surface area contributed by atoms with E-state index in [9.17, 15) is 4.79 Å². The second kappa shape index (κ2) is 5.01. The Morgan fingerprint density at radius 2 is 2.24 bits per heavy atom. The Labute approximate surface area is 101 Å². The normalized spacial score (nSPS) is 19.5. The van der Waals surface area contributed by atoms with Crippen molar-refractivity contribution in [3.63, 3.8) is 0 Å². The molecule has 1 fully saturated rings. The van der Waals surface area contributed by atoms with E-state index in [1.807, 2.05) is 24.3 Å². The van der Waals surface area contributed by atoms with Crippen LogP contribution in [-0.4, -0.2) is 31.0 Å². The Bertz CT molecular complexity index is 414. The van der Waals surface area contributed by atoms with Gasteiger partial charge in [0.25, 0.3) is 0 Å². The van der Waals surface area contributed by atoms with Gasteiger partial charge in [-0.2, -0.15) is 0 Å². The predicted octanol–water partition coefficient (Wildman–Crippen LogP) is 1.31. The Hall–Kier alpha value is -1.81. The third-order valence-corrected chi connectivity index (χ3v) is 2.79. The Morgan fingerprint density at radius 1 is 1.53 bits per heavy atom. The van der Waals surface area contributed by atoms with E-state index in [2.05, 4.69) is 11.9 Å². The summed E-state index contributed by atoms with van der Waals surface area (Å²) in [5.74, 6) is 0.919. The third-order valence-electron chi connectivity index (χ3n) is 2.79. The lowest BCUT2D eigenvalue weighted by molar-refractivity contribution is -0.126. The lowest BCUT2D eigenvalue weighted by Crippen LogP contribution is -2.25. The Morgan fingerprint density at radius 3 is 2.76 bits per heavy atom. The summed E-state index contributed by atoms with van der Waals surface area (Å²) in [7, 11) is 1.80. The summed E-state index contributed by atoms with van der Waals surface area (Å²) in [5.41, 5.74) is 1.06. The van der Waals surface area contributed by atoms with E-state index in [1.54, 1.807) is 18.0 Å². The van der Waals surface area contributed by atoms with Crippen LogP contribution < -0.4 is 10.1 Å². The van der Waals surface area contributed by atoms with Gasteiger partial charge in [0.1, 0.15) is 18.5 Å². The van der Waals surface area contributed by atoms with Crippen LogP contribution in [0.1, 0.15) is 11.7 Å². The summed E-state index contributed by atoms with van der Waals surface area (Å²) >= 11 is 0. The summed E-state index contributed by atoms with van der Waals surface area (Å²) in [6, 6.07) is 7.73. The number of carbonyl (C=O) groups is 1. The van der Waals surface area contributed by atoms with E-state index in [0.717, 1.165) is 11.3 Å². The first kappa shape index (κ1) is 11.7. The maximum atomic E-state index is 11.4. The molecule has 0 aromatic heterocycles. The minimum absolute atomic E-state index is 0.0315. The van der Waals surface area contributed by atoms with Gasteiger partial charge in [0.05, 0.1) is 6.54 Å². The molecule has 1 aromatic carbocycles. The molecule has 0 bridgehead atoms. The molecule has 4 nitrogen and oxygen atoms in total. The predicted molar refractivity (Wildman–Crippen MR) is 65.6 cm³/mol. The minimum atomic E-state index is -0.0315. The minimum Gasteiger partial charge on any atom is -0.490 e. The molecule has 1 saturated heterocycles. The van der Waals surface area contributed by atoms with E-state index >= 15 is 0 Å². The molecule has 17 heavy (non-hydrogen) atoms. The van der Waals surface area contributed by atoms with Crippen molar-refractivity contribution in [3.05, 3.63) is 42.5 Å². The molecule has 4 heteroatoms. The van der Waals surface area contributed by atoms with Crippen molar-refractivity contribution >= 4 is 5.91 Å². The summed E-state index contributed by atoms with van der Waals surface area (Å²) in [5, 5.41) is 3.15. The van der Waals surface area contributed by atoms with Crippen LogP contribution in [-0.2, 0) is 4.79 Å². The van der Waals surface area contributed by atoms with Gasteiger partial charge in [-0.25, -0.2) is 0 Å². The fraction of sp³-hybridized carbons (Fsp3) is 0.308. The number of benzene rings is 1. The van der Waals surface area contributed by atoms with Gasteiger partial charge < -0.3 is 9.64 Å². The molecule has 0 radical (unpaired) electrons. The number of rotatable bonds is 4. The summed E-state index contributed by atoms with van der Waals surface area (Å²) in [6.07, 6.45) is 1.68. The van der Waals surface area contributed by atoms with Crippen LogP contribution >= 0.6 is 0 Å². The van der Waals surface area contributed by atoms with Gasteiger partial charge in [-0.15, -0.1) is 0 Å². The van der Waals surface area contributed by atoms with E-state index < -0.39 is 0 Å². The molecule has 1 heterocycles. The number of hydrogen-bond acceptors (Lipinski definition) is 3. The van der Waals surface area contributed by atoms with Crippen molar-refractivity contribution in [1.29, 1.82) is 0 Å². The number of amides is 1. The monoisotopic (exact) mass is 232 g/mol. The quantitative estimate of drug-likeness (QED) is 0.796.